The smallest absolute Gasteiger partial charge is 0.269 e. The minimum Gasteiger partial charge on any atom is -0.497 e. The van der Waals surface area contributed by atoms with Crippen molar-refractivity contribution in [2.24, 2.45) is 0 Å². The van der Waals surface area contributed by atoms with Gasteiger partial charge in [-0.05, 0) is 19.2 Å². The maximum atomic E-state index is 10.2. The lowest BCUT2D eigenvalue weighted by molar-refractivity contribution is -0.384. The Morgan fingerprint density at radius 1 is 1.44 bits per heavy atom. The molecule has 0 spiro atoms. The van der Waals surface area contributed by atoms with Crippen molar-refractivity contribution in [1.29, 1.82) is 0 Å². The van der Waals surface area contributed by atoms with E-state index in [1.54, 1.807) is 12.1 Å². The molecule has 0 aliphatic heterocycles. The van der Waals surface area contributed by atoms with Crippen molar-refractivity contribution in [3.8, 4) is 5.75 Å². The number of benzene rings is 1. The van der Waals surface area contributed by atoms with E-state index in [4.69, 9.17) is 4.74 Å². The standard InChI is InChI=1S/C7H7NO3.C3H8BrN/c1-11-7-4-2-6(3-5-7)8(9)10;1-5-3-2-4/h2-5H,1H3;5H,2-3H2,1H3. The van der Waals surface area contributed by atoms with Gasteiger partial charge in [-0.15, -0.1) is 0 Å². The lowest BCUT2D eigenvalue weighted by Crippen LogP contribution is -2.07. The van der Waals surface area contributed by atoms with Gasteiger partial charge in [0.05, 0.1) is 12.0 Å². The molecule has 1 N–H and O–H groups in total. The van der Waals surface area contributed by atoms with Gasteiger partial charge in [-0.3, -0.25) is 10.1 Å². The van der Waals surface area contributed by atoms with Crippen LogP contribution in [0.15, 0.2) is 24.3 Å². The summed E-state index contributed by atoms with van der Waals surface area (Å²) < 4.78 is 4.83. The Balaban J connectivity index is 0.000000385. The van der Waals surface area contributed by atoms with Crippen molar-refractivity contribution in [3.63, 3.8) is 0 Å². The number of halogens is 1. The third-order valence-electron chi connectivity index (χ3n) is 1.63. The van der Waals surface area contributed by atoms with E-state index in [9.17, 15) is 10.1 Å². The first-order valence-electron chi connectivity index (χ1n) is 4.64. The minimum absolute atomic E-state index is 0.0748. The topological polar surface area (TPSA) is 64.4 Å². The highest BCUT2D eigenvalue weighted by Gasteiger charge is 2.02. The van der Waals surface area contributed by atoms with Crippen LogP contribution in [-0.2, 0) is 0 Å². The normalized spacial score (nSPS) is 8.94. The van der Waals surface area contributed by atoms with Crippen LogP contribution in [0, 0.1) is 10.1 Å². The summed E-state index contributed by atoms with van der Waals surface area (Å²) in [7, 11) is 3.45. The van der Waals surface area contributed by atoms with Crippen LogP contribution in [0.3, 0.4) is 0 Å². The molecule has 0 radical (unpaired) electrons. The van der Waals surface area contributed by atoms with Crippen molar-refractivity contribution in [1.82, 2.24) is 5.32 Å². The van der Waals surface area contributed by atoms with E-state index in [-0.39, 0.29) is 5.69 Å². The van der Waals surface area contributed by atoms with Crippen molar-refractivity contribution in [2.45, 2.75) is 0 Å². The van der Waals surface area contributed by atoms with Gasteiger partial charge in [0.25, 0.3) is 5.69 Å². The van der Waals surface area contributed by atoms with E-state index in [0.717, 1.165) is 11.9 Å². The first-order chi connectivity index (χ1) is 7.65. The molecular formula is C10H15BrN2O3. The van der Waals surface area contributed by atoms with Crippen LogP contribution in [0.4, 0.5) is 5.69 Å². The summed E-state index contributed by atoms with van der Waals surface area (Å²) in [6.45, 7) is 1.06. The molecule has 1 aromatic carbocycles. The number of hydrogen-bond donors (Lipinski definition) is 1. The Bertz CT molecular complexity index is 301. The number of rotatable bonds is 4. The van der Waals surface area contributed by atoms with Gasteiger partial charge in [0.1, 0.15) is 5.75 Å². The summed E-state index contributed by atoms with van der Waals surface area (Å²) in [6, 6.07) is 5.91. The second kappa shape index (κ2) is 9.11. The van der Waals surface area contributed by atoms with Crippen molar-refractivity contribution in [2.75, 3.05) is 26.0 Å². The molecule has 0 saturated carbocycles. The zero-order chi connectivity index (χ0) is 12.4. The summed E-state index contributed by atoms with van der Waals surface area (Å²) in [4.78, 5) is 9.72. The van der Waals surface area contributed by atoms with Crippen LogP contribution < -0.4 is 10.1 Å². The zero-order valence-electron chi connectivity index (χ0n) is 9.27. The molecule has 0 aromatic heterocycles. The van der Waals surface area contributed by atoms with E-state index >= 15 is 0 Å². The number of nitrogens with zero attached hydrogens (tertiary/aromatic N) is 1. The molecule has 6 heteroatoms. The molecule has 16 heavy (non-hydrogen) atoms. The maximum Gasteiger partial charge on any atom is 0.269 e. The quantitative estimate of drug-likeness (QED) is 0.525. The molecule has 0 atom stereocenters. The van der Waals surface area contributed by atoms with Crippen molar-refractivity contribution < 1.29 is 9.66 Å². The SMILES string of the molecule is CNCCBr.COc1ccc([N+](=O)[O-])cc1. The van der Waals surface area contributed by atoms with Crippen LogP contribution in [0.25, 0.3) is 0 Å². The fraction of sp³-hybridized carbons (Fsp3) is 0.400. The largest absolute Gasteiger partial charge is 0.497 e. The van der Waals surface area contributed by atoms with Gasteiger partial charge in [0, 0.05) is 24.0 Å². The molecule has 0 fully saturated rings. The number of nitrogens with one attached hydrogen (secondary N) is 1. The number of nitro benzene ring substituents is 1. The number of alkyl halides is 1. The van der Waals surface area contributed by atoms with Crippen LogP contribution in [0.5, 0.6) is 5.75 Å². The number of nitro groups is 1. The maximum absolute atomic E-state index is 10.2. The number of methoxy groups -OCH3 is 1. The summed E-state index contributed by atoms with van der Waals surface area (Å²) >= 11 is 3.25. The molecule has 90 valence electrons. The van der Waals surface area contributed by atoms with Gasteiger partial charge in [-0.1, -0.05) is 15.9 Å². The molecular weight excluding hydrogens is 276 g/mol. The van der Waals surface area contributed by atoms with Gasteiger partial charge >= 0.3 is 0 Å². The second-order valence-electron chi connectivity index (χ2n) is 2.75. The number of non-ortho nitro benzene ring substituents is 1. The Hall–Kier alpha value is -1.14. The molecule has 0 saturated heterocycles. The summed E-state index contributed by atoms with van der Waals surface area (Å²) in [5, 5.41) is 14.2. The Kier molecular flexibility index (Phi) is 8.46. The molecule has 0 aliphatic rings. The highest BCUT2D eigenvalue weighted by Crippen LogP contribution is 2.16. The first-order valence-corrected chi connectivity index (χ1v) is 5.76. The van der Waals surface area contributed by atoms with Gasteiger partial charge < -0.3 is 10.1 Å². The van der Waals surface area contributed by atoms with Crippen LogP contribution >= 0.6 is 15.9 Å². The Morgan fingerprint density at radius 2 is 2.00 bits per heavy atom. The second-order valence-corrected chi connectivity index (χ2v) is 3.54. The fourth-order valence-corrected chi connectivity index (χ4v) is 1.19. The summed E-state index contributed by atoms with van der Waals surface area (Å²) in [5.41, 5.74) is 0.0748. The van der Waals surface area contributed by atoms with E-state index in [0.29, 0.717) is 5.75 Å². The van der Waals surface area contributed by atoms with Gasteiger partial charge in [0.2, 0.25) is 0 Å². The lowest BCUT2D eigenvalue weighted by atomic mass is 10.3. The molecule has 5 nitrogen and oxygen atoms in total. The molecule has 0 bridgehead atoms. The minimum atomic E-state index is -0.445. The fourth-order valence-electron chi connectivity index (χ4n) is 0.798. The van der Waals surface area contributed by atoms with Crippen molar-refractivity contribution in [3.05, 3.63) is 34.4 Å². The highest BCUT2D eigenvalue weighted by molar-refractivity contribution is 9.09. The third-order valence-corrected chi connectivity index (χ3v) is 2.02. The molecule has 0 aliphatic carbocycles. The average Bonchev–Trinajstić information content (AvgIpc) is 2.31. The lowest BCUT2D eigenvalue weighted by Gasteiger charge is -1.96. The molecule has 0 unspecified atom stereocenters. The monoisotopic (exact) mass is 290 g/mol. The van der Waals surface area contributed by atoms with E-state index in [1.807, 2.05) is 7.05 Å². The van der Waals surface area contributed by atoms with Crippen molar-refractivity contribution >= 4 is 21.6 Å². The average molecular weight is 291 g/mol. The van der Waals surface area contributed by atoms with Crippen LogP contribution in [-0.4, -0.2) is 31.0 Å². The Labute approximate surface area is 103 Å². The number of hydrogen-bond acceptors (Lipinski definition) is 4. The predicted octanol–water partition coefficient (Wildman–Crippen LogP) is 2.20. The predicted molar refractivity (Wildman–Crippen MR) is 67.4 cm³/mol. The molecule has 0 amide bonds. The summed E-state index contributed by atoms with van der Waals surface area (Å²) in [6.07, 6.45) is 0. The Morgan fingerprint density at radius 3 is 2.25 bits per heavy atom. The van der Waals surface area contributed by atoms with Crippen LogP contribution in [0.1, 0.15) is 0 Å². The van der Waals surface area contributed by atoms with E-state index in [2.05, 4.69) is 21.2 Å². The third kappa shape index (κ3) is 6.36. The molecule has 0 heterocycles. The highest BCUT2D eigenvalue weighted by atomic mass is 79.9. The first kappa shape index (κ1) is 14.9. The summed E-state index contributed by atoms with van der Waals surface area (Å²) in [5.74, 6) is 0.621. The van der Waals surface area contributed by atoms with Crippen LogP contribution in [0.2, 0.25) is 0 Å². The molecule has 1 rings (SSSR count). The van der Waals surface area contributed by atoms with Gasteiger partial charge in [-0.25, -0.2) is 0 Å². The van der Waals surface area contributed by atoms with Gasteiger partial charge in [0.15, 0.2) is 0 Å². The number of ether oxygens (including phenoxy) is 1. The zero-order valence-corrected chi connectivity index (χ0v) is 10.9. The van der Waals surface area contributed by atoms with E-state index in [1.165, 1.54) is 19.2 Å². The van der Waals surface area contributed by atoms with Gasteiger partial charge in [-0.2, -0.15) is 0 Å². The van der Waals surface area contributed by atoms with E-state index < -0.39 is 4.92 Å². The molecule has 1 aromatic rings.